The number of fused-ring (bicyclic) bond motifs is 1. The number of hydrogen-bond acceptors (Lipinski definition) is 5. The SMILES string of the molecule is Cc1nc2ccc(F)cc2c(=O)n1CC(=O)Nc1ccc(N2CCCS2(=O)=O)cc1. The van der Waals surface area contributed by atoms with Gasteiger partial charge < -0.3 is 5.32 Å². The summed E-state index contributed by atoms with van der Waals surface area (Å²) in [5.41, 5.74) is 0.869. The Kier molecular flexibility index (Phi) is 5.02. The molecule has 0 saturated carbocycles. The smallest absolute Gasteiger partial charge is 0.261 e. The molecule has 8 nitrogen and oxygen atoms in total. The Balaban J connectivity index is 1.52. The maximum absolute atomic E-state index is 13.5. The molecule has 1 amide bonds. The molecule has 3 aromatic rings. The van der Waals surface area contributed by atoms with Gasteiger partial charge in [-0.2, -0.15) is 0 Å². The van der Waals surface area contributed by atoms with Gasteiger partial charge in [0, 0.05) is 12.2 Å². The second-order valence-corrected chi connectivity index (χ2v) is 9.06. The fraction of sp³-hybridized carbons (Fsp3) is 0.250. The van der Waals surface area contributed by atoms with E-state index in [9.17, 15) is 22.4 Å². The van der Waals surface area contributed by atoms with Crippen molar-refractivity contribution in [2.75, 3.05) is 21.9 Å². The van der Waals surface area contributed by atoms with Crippen molar-refractivity contribution >= 4 is 38.2 Å². The Morgan fingerprint density at radius 3 is 2.60 bits per heavy atom. The number of aryl methyl sites for hydroxylation is 1. The summed E-state index contributed by atoms with van der Waals surface area (Å²) in [6, 6.07) is 10.2. The molecular formula is C20H19FN4O4S. The number of benzene rings is 2. The largest absolute Gasteiger partial charge is 0.325 e. The van der Waals surface area contributed by atoms with Crippen molar-refractivity contribution in [2.45, 2.75) is 19.9 Å². The molecule has 2 heterocycles. The first kappa shape index (κ1) is 20.0. The Hall–Kier alpha value is -3.27. The van der Waals surface area contributed by atoms with E-state index in [0.717, 1.165) is 6.07 Å². The van der Waals surface area contributed by atoms with E-state index in [1.807, 2.05) is 0 Å². The number of nitrogens with one attached hydrogen (secondary N) is 1. The number of amides is 1. The van der Waals surface area contributed by atoms with Crippen LogP contribution in [0.2, 0.25) is 0 Å². The molecule has 1 aliphatic heterocycles. The number of aromatic nitrogens is 2. The molecule has 1 N–H and O–H groups in total. The lowest BCUT2D eigenvalue weighted by Gasteiger charge is -2.17. The van der Waals surface area contributed by atoms with Gasteiger partial charge in [-0.05, 0) is 55.8 Å². The number of sulfonamides is 1. The van der Waals surface area contributed by atoms with Crippen molar-refractivity contribution in [3.05, 3.63) is 64.5 Å². The molecule has 0 aliphatic carbocycles. The zero-order valence-corrected chi connectivity index (χ0v) is 16.9. The molecule has 0 unspecified atom stereocenters. The van der Waals surface area contributed by atoms with Gasteiger partial charge in [-0.15, -0.1) is 0 Å². The number of halogens is 1. The Bertz CT molecular complexity index is 1300. The summed E-state index contributed by atoms with van der Waals surface area (Å²) in [7, 11) is -3.27. The predicted molar refractivity (Wildman–Crippen MR) is 112 cm³/mol. The average Bonchev–Trinajstić information content (AvgIpc) is 3.05. The number of anilines is 2. The Morgan fingerprint density at radius 1 is 1.20 bits per heavy atom. The highest BCUT2D eigenvalue weighted by atomic mass is 32.2. The van der Waals surface area contributed by atoms with Crippen molar-refractivity contribution < 1.29 is 17.6 Å². The Morgan fingerprint density at radius 2 is 1.93 bits per heavy atom. The van der Waals surface area contributed by atoms with E-state index in [1.165, 1.54) is 21.0 Å². The van der Waals surface area contributed by atoms with Crippen LogP contribution in [-0.2, 0) is 21.4 Å². The van der Waals surface area contributed by atoms with Crippen molar-refractivity contribution in [1.29, 1.82) is 0 Å². The standard InChI is InChI=1S/C20H19FN4O4S/c1-13-22-18-8-3-14(21)11-17(18)20(27)24(13)12-19(26)23-15-4-6-16(7-5-15)25-9-2-10-30(25,28)29/h3-8,11H,2,9-10,12H2,1H3,(H,23,26). The third-order valence-electron chi connectivity index (χ3n) is 4.95. The van der Waals surface area contributed by atoms with Gasteiger partial charge in [-0.1, -0.05) is 0 Å². The molecule has 0 radical (unpaired) electrons. The molecule has 30 heavy (non-hydrogen) atoms. The molecule has 0 spiro atoms. The quantitative estimate of drug-likeness (QED) is 0.683. The summed E-state index contributed by atoms with van der Waals surface area (Å²) >= 11 is 0. The van der Waals surface area contributed by atoms with Gasteiger partial charge in [0.15, 0.2) is 0 Å². The molecule has 0 bridgehead atoms. The van der Waals surface area contributed by atoms with E-state index in [4.69, 9.17) is 0 Å². The van der Waals surface area contributed by atoms with E-state index in [2.05, 4.69) is 10.3 Å². The van der Waals surface area contributed by atoms with Gasteiger partial charge in [-0.25, -0.2) is 17.8 Å². The monoisotopic (exact) mass is 430 g/mol. The average molecular weight is 430 g/mol. The number of nitrogens with zero attached hydrogens (tertiary/aromatic N) is 3. The van der Waals surface area contributed by atoms with Crippen LogP contribution in [0.5, 0.6) is 0 Å². The van der Waals surface area contributed by atoms with Crippen LogP contribution in [0.25, 0.3) is 10.9 Å². The summed E-state index contributed by atoms with van der Waals surface area (Å²) in [5, 5.41) is 2.78. The molecule has 0 atom stereocenters. The van der Waals surface area contributed by atoms with Crippen LogP contribution in [0.1, 0.15) is 12.2 Å². The second-order valence-electron chi connectivity index (χ2n) is 7.05. The van der Waals surface area contributed by atoms with E-state index in [1.54, 1.807) is 31.2 Å². The lowest BCUT2D eigenvalue weighted by atomic mass is 10.2. The van der Waals surface area contributed by atoms with Crippen LogP contribution in [0.3, 0.4) is 0 Å². The van der Waals surface area contributed by atoms with Crippen LogP contribution >= 0.6 is 0 Å². The first-order valence-corrected chi connectivity index (χ1v) is 10.9. The normalized spacial score (nSPS) is 15.5. The van der Waals surface area contributed by atoms with Crippen LogP contribution < -0.4 is 15.2 Å². The maximum atomic E-state index is 13.5. The number of carbonyl (C=O) groups is 1. The van der Waals surface area contributed by atoms with Gasteiger partial charge in [-0.3, -0.25) is 18.5 Å². The van der Waals surface area contributed by atoms with Crippen molar-refractivity contribution in [3.63, 3.8) is 0 Å². The number of hydrogen-bond donors (Lipinski definition) is 1. The van der Waals surface area contributed by atoms with Crippen LogP contribution in [0.4, 0.5) is 15.8 Å². The maximum Gasteiger partial charge on any atom is 0.261 e. The summed E-state index contributed by atoms with van der Waals surface area (Å²) in [4.78, 5) is 29.4. The van der Waals surface area contributed by atoms with Crippen LogP contribution in [0, 0.1) is 12.7 Å². The summed E-state index contributed by atoms with van der Waals surface area (Å²) in [6.45, 7) is 1.75. The second kappa shape index (κ2) is 7.52. The molecule has 10 heteroatoms. The highest BCUT2D eigenvalue weighted by Crippen LogP contribution is 2.25. The molecular weight excluding hydrogens is 411 g/mol. The van der Waals surface area contributed by atoms with Crippen LogP contribution in [0.15, 0.2) is 47.3 Å². The first-order chi connectivity index (χ1) is 14.2. The van der Waals surface area contributed by atoms with E-state index in [-0.39, 0.29) is 17.7 Å². The zero-order chi connectivity index (χ0) is 21.5. The molecule has 1 fully saturated rings. The molecule has 1 saturated heterocycles. The predicted octanol–water partition coefficient (Wildman–Crippen LogP) is 2.02. The molecule has 4 rings (SSSR count). The van der Waals surface area contributed by atoms with E-state index in [0.29, 0.717) is 35.7 Å². The topological polar surface area (TPSA) is 101 Å². The van der Waals surface area contributed by atoms with Crippen molar-refractivity contribution in [3.8, 4) is 0 Å². The fourth-order valence-electron chi connectivity index (χ4n) is 3.47. The first-order valence-electron chi connectivity index (χ1n) is 9.32. The molecule has 1 aliphatic rings. The third-order valence-corrected chi connectivity index (χ3v) is 6.82. The third kappa shape index (κ3) is 3.78. The van der Waals surface area contributed by atoms with Gasteiger partial charge >= 0.3 is 0 Å². The Labute approximate surface area is 172 Å². The lowest BCUT2D eigenvalue weighted by Crippen LogP contribution is -2.30. The minimum Gasteiger partial charge on any atom is -0.325 e. The minimum absolute atomic E-state index is 0.101. The highest BCUT2D eigenvalue weighted by Gasteiger charge is 2.28. The fourth-order valence-corrected chi connectivity index (χ4v) is 5.04. The van der Waals surface area contributed by atoms with Gasteiger partial charge in [0.25, 0.3) is 5.56 Å². The van der Waals surface area contributed by atoms with Crippen molar-refractivity contribution in [1.82, 2.24) is 9.55 Å². The zero-order valence-electron chi connectivity index (χ0n) is 16.1. The summed E-state index contributed by atoms with van der Waals surface area (Å²) in [6.07, 6.45) is 0.582. The summed E-state index contributed by atoms with van der Waals surface area (Å²) < 4.78 is 40.0. The molecule has 2 aromatic carbocycles. The number of rotatable bonds is 4. The van der Waals surface area contributed by atoms with Gasteiger partial charge in [0.05, 0.1) is 22.3 Å². The molecule has 1 aromatic heterocycles. The number of carbonyl (C=O) groups excluding carboxylic acids is 1. The van der Waals surface area contributed by atoms with E-state index < -0.39 is 27.3 Å². The van der Waals surface area contributed by atoms with Gasteiger partial charge in [0.2, 0.25) is 15.9 Å². The van der Waals surface area contributed by atoms with E-state index >= 15 is 0 Å². The molecule has 156 valence electrons. The van der Waals surface area contributed by atoms with Crippen LogP contribution in [-0.4, -0.2) is 36.2 Å². The van der Waals surface area contributed by atoms with Gasteiger partial charge in [0.1, 0.15) is 18.2 Å². The lowest BCUT2D eigenvalue weighted by molar-refractivity contribution is -0.116. The van der Waals surface area contributed by atoms with Crippen molar-refractivity contribution in [2.24, 2.45) is 0 Å². The summed E-state index contributed by atoms with van der Waals surface area (Å²) in [5.74, 6) is -0.548. The minimum atomic E-state index is -3.27. The highest BCUT2D eigenvalue weighted by molar-refractivity contribution is 7.93.